The van der Waals surface area contributed by atoms with Gasteiger partial charge in [-0.25, -0.2) is 13.4 Å². The molecule has 1 amide bonds. The molecular formula is C14H23N5O3S2. The fourth-order valence-corrected chi connectivity index (χ4v) is 6.29. The van der Waals surface area contributed by atoms with Crippen molar-refractivity contribution in [1.82, 2.24) is 19.9 Å². The highest BCUT2D eigenvalue weighted by molar-refractivity contribution is 7.91. The van der Waals surface area contributed by atoms with Gasteiger partial charge in [-0.3, -0.25) is 4.79 Å². The van der Waals surface area contributed by atoms with Crippen molar-refractivity contribution in [2.75, 3.05) is 38.0 Å². The number of aromatic nitrogens is 1. The minimum Gasteiger partial charge on any atom is -0.314 e. The topological polar surface area (TPSA) is 103 Å². The van der Waals surface area contributed by atoms with E-state index in [0.717, 1.165) is 43.8 Å². The first kappa shape index (κ1) is 17.7. The number of hydrogen-bond acceptors (Lipinski definition) is 7. The lowest BCUT2D eigenvalue weighted by atomic mass is 9.87. The number of amides is 1. The predicted octanol–water partition coefficient (Wildman–Crippen LogP) is 0.126. The van der Waals surface area contributed by atoms with Crippen LogP contribution in [0.1, 0.15) is 25.5 Å². The molecule has 0 atom stereocenters. The standard InChI is InChI=1S/C14H23N5O3S2/c1-10-12(23-13(17-10)18-11(2)20)24(21,22)19-7-3-14(4-8-19)9-15-5-6-16-14/h15-16H,3-9H2,1-2H3,(H,17,18,20). The van der Waals surface area contributed by atoms with Crippen molar-refractivity contribution in [3.63, 3.8) is 0 Å². The Labute approximate surface area is 146 Å². The molecule has 3 heterocycles. The first-order valence-electron chi connectivity index (χ1n) is 8.03. The third-order valence-electron chi connectivity index (χ3n) is 4.56. The molecule has 1 aromatic rings. The van der Waals surface area contributed by atoms with E-state index < -0.39 is 10.0 Å². The molecule has 1 aromatic heterocycles. The quantitative estimate of drug-likeness (QED) is 0.696. The molecule has 10 heteroatoms. The zero-order chi connectivity index (χ0) is 17.4. The normalized spacial score (nSPS) is 21.8. The van der Waals surface area contributed by atoms with Crippen molar-refractivity contribution in [3.8, 4) is 0 Å². The predicted molar refractivity (Wildman–Crippen MR) is 92.8 cm³/mol. The zero-order valence-electron chi connectivity index (χ0n) is 13.9. The lowest BCUT2D eigenvalue weighted by molar-refractivity contribution is -0.114. The largest absolute Gasteiger partial charge is 0.314 e. The summed E-state index contributed by atoms with van der Waals surface area (Å²) in [6.45, 7) is 6.77. The van der Waals surface area contributed by atoms with Gasteiger partial charge in [-0.05, 0) is 19.8 Å². The Bertz CT molecular complexity index is 715. The highest BCUT2D eigenvalue weighted by Gasteiger charge is 2.40. The van der Waals surface area contributed by atoms with Crippen molar-refractivity contribution in [2.24, 2.45) is 0 Å². The van der Waals surface area contributed by atoms with Crippen LogP contribution in [0.5, 0.6) is 0 Å². The number of rotatable bonds is 3. The number of piperidine rings is 1. The van der Waals surface area contributed by atoms with E-state index in [4.69, 9.17) is 0 Å². The van der Waals surface area contributed by atoms with Gasteiger partial charge in [-0.1, -0.05) is 11.3 Å². The number of anilines is 1. The smallest absolute Gasteiger partial charge is 0.254 e. The lowest BCUT2D eigenvalue weighted by Crippen LogP contribution is -2.63. The summed E-state index contributed by atoms with van der Waals surface area (Å²) >= 11 is 1.01. The van der Waals surface area contributed by atoms with Crippen LogP contribution in [0, 0.1) is 6.92 Å². The van der Waals surface area contributed by atoms with Gasteiger partial charge < -0.3 is 16.0 Å². The number of nitrogens with one attached hydrogen (secondary N) is 3. The average molecular weight is 374 g/mol. The summed E-state index contributed by atoms with van der Waals surface area (Å²) in [5, 5.41) is 9.80. The van der Waals surface area contributed by atoms with Gasteiger partial charge in [-0.15, -0.1) is 0 Å². The second-order valence-electron chi connectivity index (χ2n) is 6.36. The van der Waals surface area contributed by atoms with Crippen LogP contribution in [0.4, 0.5) is 5.13 Å². The van der Waals surface area contributed by atoms with Gasteiger partial charge in [0.25, 0.3) is 10.0 Å². The molecule has 2 aliphatic rings. The summed E-state index contributed by atoms with van der Waals surface area (Å²) in [5.41, 5.74) is 0.440. The van der Waals surface area contributed by atoms with Gasteiger partial charge in [-0.2, -0.15) is 4.31 Å². The molecule has 0 unspecified atom stereocenters. The van der Waals surface area contributed by atoms with E-state index in [-0.39, 0.29) is 15.7 Å². The Morgan fingerprint density at radius 1 is 1.33 bits per heavy atom. The Hall–Kier alpha value is -1.07. The van der Waals surface area contributed by atoms with Crippen LogP contribution in [0.3, 0.4) is 0 Å². The van der Waals surface area contributed by atoms with Crippen LogP contribution in [-0.2, 0) is 14.8 Å². The molecule has 0 bridgehead atoms. The van der Waals surface area contributed by atoms with Crippen LogP contribution < -0.4 is 16.0 Å². The van der Waals surface area contributed by atoms with Crippen LogP contribution in [0.2, 0.25) is 0 Å². The van der Waals surface area contributed by atoms with E-state index in [2.05, 4.69) is 20.9 Å². The third kappa shape index (κ3) is 3.47. The number of sulfonamides is 1. The lowest BCUT2D eigenvalue weighted by Gasteiger charge is -2.44. The highest BCUT2D eigenvalue weighted by atomic mass is 32.2. The summed E-state index contributed by atoms with van der Waals surface area (Å²) in [7, 11) is -3.57. The van der Waals surface area contributed by atoms with Gasteiger partial charge in [0.1, 0.15) is 0 Å². The van der Waals surface area contributed by atoms with Crippen molar-refractivity contribution >= 4 is 32.4 Å². The summed E-state index contributed by atoms with van der Waals surface area (Å²) in [4.78, 5) is 15.3. The van der Waals surface area contributed by atoms with Gasteiger partial charge in [0.15, 0.2) is 9.34 Å². The Kier molecular flexibility index (Phi) is 4.94. The minimum absolute atomic E-state index is 0.00829. The fourth-order valence-electron chi connectivity index (χ4n) is 3.26. The number of aryl methyl sites for hydroxylation is 1. The van der Waals surface area contributed by atoms with Crippen LogP contribution >= 0.6 is 11.3 Å². The highest BCUT2D eigenvalue weighted by Crippen LogP contribution is 2.33. The molecule has 3 rings (SSSR count). The molecule has 0 aromatic carbocycles. The van der Waals surface area contributed by atoms with Gasteiger partial charge >= 0.3 is 0 Å². The van der Waals surface area contributed by atoms with E-state index >= 15 is 0 Å². The maximum Gasteiger partial charge on any atom is 0.254 e. The van der Waals surface area contributed by atoms with Crippen molar-refractivity contribution in [1.29, 1.82) is 0 Å². The molecule has 24 heavy (non-hydrogen) atoms. The molecule has 2 fully saturated rings. The molecule has 0 radical (unpaired) electrons. The van der Waals surface area contributed by atoms with Crippen molar-refractivity contribution in [2.45, 2.75) is 36.4 Å². The molecule has 2 saturated heterocycles. The summed E-state index contributed by atoms with van der Waals surface area (Å²) < 4.78 is 27.6. The average Bonchev–Trinajstić information content (AvgIpc) is 2.89. The van der Waals surface area contributed by atoms with Crippen LogP contribution in [0.15, 0.2) is 4.21 Å². The number of nitrogens with zero attached hydrogens (tertiary/aromatic N) is 2. The summed E-state index contributed by atoms with van der Waals surface area (Å²) in [6.07, 6.45) is 1.57. The summed E-state index contributed by atoms with van der Waals surface area (Å²) in [5.74, 6) is -0.261. The van der Waals surface area contributed by atoms with E-state index in [1.54, 1.807) is 6.92 Å². The molecule has 1 spiro atoms. The zero-order valence-corrected chi connectivity index (χ0v) is 15.5. The number of piperazine rings is 1. The van der Waals surface area contributed by atoms with Gasteiger partial charge in [0.05, 0.1) is 5.69 Å². The second-order valence-corrected chi connectivity index (χ2v) is 9.49. The van der Waals surface area contributed by atoms with E-state index in [9.17, 15) is 13.2 Å². The second kappa shape index (κ2) is 6.68. The fraction of sp³-hybridized carbons (Fsp3) is 0.714. The van der Waals surface area contributed by atoms with Crippen molar-refractivity contribution < 1.29 is 13.2 Å². The molecule has 2 aliphatic heterocycles. The van der Waals surface area contributed by atoms with Crippen LogP contribution in [-0.4, -0.2) is 61.9 Å². The number of hydrogen-bond donors (Lipinski definition) is 3. The maximum atomic E-state index is 12.9. The first-order chi connectivity index (χ1) is 11.3. The molecule has 0 aliphatic carbocycles. The van der Waals surface area contributed by atoms with E-state index in [0.29, 0.717) is 23.9 Å². The van der Waals surface area contributed by atoms with E-state index in [1.807, 2.05) is 0 Å². The Morgan fingerprint density at radius 2 is 2.04 bits per heavy atom. The Balaban J connectivity index is 1.74. The number of carbonyl (C=O) groups excluding carboxylic acids is 1. The van der Waals surface area contributed by atoms with Crippen LogP contribution in [0.25, 0.3) is 0 Å². The minimum atomic E-state index is -3.57. The summed E-state index contributed by atoms with van der Waals surface area (Å²) in [6, 6.07) is 0. The Morgan fingerprint density at radius 3 is 2.62 bits per heavy atom. The van der Waals surface area contributed by atoms with Crippen molar-refractivity contribution in [3.05, 3.63) is 5.69 Å². The SMILES string of the molecule is CC(=O)Nc1nc(C)c(S(=O)(=O)N2CCC3(CC2)CNCCN3)s1. The third-order valence-corrected chi connectivity index (χ3v) is 8.11. The van der Waals surface area contributed by atoms with Gasteiger partial charge in [0.2, 0.25) is 5.91 Å². The molecule has 134 valence electrons. The number of carbonyl (C=O) groups is 1. The molecule has 8 nitrogen and oxygen atoms in total. The van der Waals surface area contributed by atoms with Gasteiger partial charge in [0, 0.05) is 45.2 Å². The molecular weight excluding hydrogens is 350 g/mol. The maximum absolute atomic E-state index is 12.9. The first-order valence-corrected chi connectivity index (χ1v) is 10.3. The molecule has 0 saturated carbocycles. The monoisotopic (exact) mass is 373 g/mol. The molecule has 3 N–H and O–H groups in total. The number of thiazole rings is 1. The van der Waals surface area contributed by atoms with E-state index in [1.165, 1.54) is 11.2 Å².